The van der Waals surface area contributed by atoms with Crippen molar-refractivity contribution in [1.29, 1.82) is 0 Å². The number of aryl methyl sites for hydroxylation is 1. The first kappa shape index (κ1) is 14.1. The van der Waals surface area contributed by atoms with Crippen LogP contribution in [0, 0.1) is 0 Å². The van der Waals surface area contributed by atoms with Crippen LogP contribution in [0.4, 0.5) is 0 Å². The van der Waals surface area contributed by atoms with Gasteiger partial charge in [0, 0.05) is 5.54 Å². The Hall–Kier alpha value is -0.950. The molecule has 1 atom stereocenters. The summed E-state index contributed by atoms with van der Waals surface area (Å²) in [6.45, 7) is 1.35. The van der Waals surface area contributed by atoms with E-state index in [9.17, 15) is 13.0 Å². The molecule has 1 aromatic rings. The van der Waals surface area contributed by atoms with Crippen LogP contribution in [0.15, 0.2) is 30.3 Å². The van der Waals surface area contributed by atoms with Gasteiger partial charge in [-0.15, -0.1) is 0 Å². The minimum atomic E-state index is -4.67. The molecule has 0 heterocycles. The van der Waals surface area contributed by atoms with Crippen LogP contribution < -0.4 is 5.73 Å². The second-order valence-corrected chi connectivity index (χ2v) is 5.36. The summed E-state index contributed by atoms with van der Waals surface area (Å²) in [4.78, 5) is 0. The zero-order valence-corrected chi connectivity index (χ0v) is 10.4. The summed E-state index contributed by atoms with van der Waals surface area (Å²) in [6, 6.07) is 9.67. The highest BCUT2D eigenvalue weighted by Gasteiger charge is 2.20. The van der Waals surface area contributed by atoms with Gasteiger partial charge in [0.15, 0.2) is 0 Å². The van der Waals surface area contributed by atoms with Gasteiger partial charge >= 0.3 is 0 Å². The molecule has 0 bridgehead atoms. The Kier molecular flexibility index (Phi) is 4.64. The maximum atomic E-state index is 10.3. The summed E-state index contributed by atoms with van der Waals surface area (Å²) in [5, 5.41) is 0. The van der Waals surface area contributed by atoms with E-state index in [2.05, 4.69) is 4.18 Å². The van der Waals surface area contributed by atoms with Crippen LogP contribution in [0.1, 0.15) is 18.9 Å². The fourth-order valence-electron chi connectivity index (χ4n) is 1.35. The van der Waals surface area contributed by atoms with Crippen LogP contribution in [0.25, 0.3) is 0 Å². The first-order valence-electron chi connectivity index (χ1n) is 5.22. The Morgan fingerprint density at radius 2 is 1.94 bits per heavy atom. The van der Waals surface area contributed by atoms with E-state index in [1.54, 1.807) is 6.92 Å². The highest BCUT2D eigenvalue weighted by atomic mass is 32.3. The van der Waals surface area contributed by atoms with Crippen molar-refractivity contribution in [2.45, 2.75) is 25.3 Å². The molecule has 6 heteroatoms. The lowest BCUT2D eigenvalue weighted by Gasteiger charge is -2.24. The zero-order chi connectivity index (χ0) is 12.9. The molecule has 17 heavy (non-hydrogen) atoms. The Morgan fingerprint density at radius 3 is 2.47 bits per heavy atom. The SMILES string of the molecule is CC(N)(CCc1ccccc1)COS(=O)(=O)[O-]. The topological polar surface area (TPSA) is 92.5 Å². The zero-order valence-electron chi connectivity index (χ0n) is 9.63. The summed E-state index contributed by atoms with van der Waals surface area (Å²) < 4.78 is 35.1. The molecule has 0 fully saturated rings. The molecule has 0 amide bonds. The Labute approximate surface area is 102 Å². The van der Waals surface area contributed by atoms with Gasteiger partial charge in [0.05, 0.1) is 6.61 Å². The molecule has 1 unspecified atom stereocenters. The average Bonchev–Trinajstić information content (AvgIpc) is 2.25. The smallest absolute Gasteiger partial charge is 0.217 e. The van der Waals surface area contributed by atoms with Crippen molar-refractivity contribution in [2.75, 3.05) is 6.61 Å². The third-order valence-corrected chi connectivity index (χ3v) is 2.77. The number of hydrogen-bond acceptors (Lipinski definition) is 5. The Balaban J connectivity index is 2.45. The summed E-state index contributed by atoms with van der Waals surface area (Å²) >= 11 is 0. The fraction of sp³-hybridized carbons (Fsp3) is 0.455. The fourth-order valence-corrected chi connectivity index (χ4v) is 1.77. The van der Waals surface area contributed by atoms with Gasteiger partial charge in [-0.05, 0) is 25.3 Å². The average molecular weight is 258 g/mol. The molecule has 0 aliphatic rings. The second-order valence-electron chi connectivity index (χ2n) is 4.31. The largest absolute Gasteiger partial charge is 0.726 e. The van der Waals surface area contributed by atoms with Gasteiger partial charge in [-0.3, -0.25) is 4.18 Å². The predicted octanol–water partition coefficient (Wildman–Crippen LogP) is 0.813. The molecule has 96 valence electrons. The van der Waals surface area contributed by atoms with Crippen molar-refractivity contribution in [3.63, 3.8) is 0 Å². The Bertz CT molecular complexity index is 442. The Morgan fingerprint density at radius 1 is 1.35 bits per heavy atom. The molecule has 0 radical (unpaired) electrons. The van der Waals surface area contributed by atoms with Crippen molar-refractivity contribution in [1.82, 2.24) is 0 Å². The number of benzene rings is 1. The molecule has 1 aromatic carbocycles. The maximum Gasteiger partial charge on any atom is 0.217 e. The number of nitrogens with two attached hydrogens (primary N) is 1. The van der Waals surface area contributed by atoms with E-state index in [-0.39, 0.29) is 6.61 Å². The first-order chi connectivity index (χ1) is 7.79. The molecular formula is C11H16NO4S-. The lowest BCUT2D eigenvalue weighted by atomic mass is 9.95. The molecule has 5 nitrogen and oxygen atoms in total. The van der Waals surface area contributed by atoms with Crippen LogP contribution in [-0.2, 0) is 21.0 Å². The van der Waals surface area contributed by atoms with Gasteiger partial charge in [-0.1, -0.05) is 30.3 Å². The molecule has 0 aliphatic heterocycles. The van der Waals surface area contributed by atoms with Gasteiger partial charge in [-0.2, -0.15) is 0 Å². The molecule has 2 N–H and O–H groups in total. The standard InChI is InChI=1S/C11H17NO4S/c1-11(12,9-16-17(13,14)15)8-7-10-5-3-2-4-6-10/h2-6H,7-9,12H2,1H3,(H,13,14,15)/p-1. The van der Waals surface area contributed by atoms with E-state index in [4.69, 9.17) is 5.73 Å². The van der Waals surface area contributed by atoms with Gasteiger partial charge in [0.25, 0.3) is 0 Å². The predicted molar refractivity (Wildman–Crippen MR) is 63.0 cm³/mol. The summed E-state index contributed by atoms with van der Waals surface area (Å²) in [5.41, 5.74) is 6.11. The van der Waals surface area contributed by atoms with E-state index in [0.29, 0.717) is 12.8 Å². The second kappa shape index (κ2) is 5.59. The lowest BCUT2D eigenvalue weighted by molar-refractivity contribution is 0.198. The minimum Gasteiger partial charge on any atom is -0.726 e. The van der Waals surface area contributed by atoms with Crippen molar-refractivity contribution in [3.05, 3.63) is 35.9 Å². The van der Waals surface area contributed by atoms with Crippen LogP contribution in [0.2, 0.25) is 0 Å². The molecule has 0 spiro atoms. The summed E-state index contributed by atoms with van der Waals surface area (Å²) in [6.07, 6.45) is 1.24. The molecule has 0 saturated heterocycles. The third-order valence-electron chi connectivity index (χ3n) is 2.36. The molecular weight excluding hydrogens is 242 g/mol. The van der Waals surface area contributed by atoms with Crippen LogP contribution >= 0.6 is 0 Å². The van der Waals surface area contributed by atoms with Gasteiger partial charge in [0.1, 0.15) is 0 Å². The van der Waals surface area contributed by atoms with E-state index in [1.165, 1.54) is 0 Å². The highest BCUT2D eigenvalue weighted by Crippen LogP contribution is 2.12. The molecule has 1 rings (SSSR count). The van der Waals surface area contributed by atoms with Crippen molar-refractivity contribution in [3.8, 4) is 0 Å². The molecule has 0 saturated carbocycles. The van der Waals surface area contributed by atoms with Crippen LogP contribution in [-0.4, -0.2) is 25.1 Å². The molecule has 0 aromatic heterocycles. The maximum absolute atomic E-state index is 10.3. The van der Waals surface area contributed by atoms with E-state index < -0.39 is 15.9 Å². The van der Waals surface area contributed by atoms with E-state index in [1.807, 2.05) is 30.3 Å². The number of hydrogen-bond donors (Lipinski definition) is 1. The van der Waals surface area contributed by atoms with Gasteiger partial charge in [0.2, 0.25) is 10.4 Å². The van der Waals surface area contributed by atoms with Crippen LogP contribution in [0.3, 0.4) is 0 Å². The normalized spacial score (nSPS) is 15.5. The summed E-state index contributed by atoms with van der Waals surface area (Å²) in [5.74, 6) is 0. The monoisotopic (exact) mass is 258 g/mol. The quantitative estimate of drug-likeness (QED) is 0.602. The lowest BCUT2D eigenvalue weighted by Crippen LogP contribution is -2.42. The summed E-state index contributed by atoms with van der Waals surface area (Å²) in [7, 11) is -4.67. The van der Waals surface area contributed by atoms with E-state index >= 15 is 0 Å². The number of rotatable bonds is 6. The van der Waals surface area contributed by atoms with E-state index in [0.717, 1.165) is 5.56 Å². The van der Waals surface area contributed by atoms with Crippen molar-refractivity contribution >= 4 is 10.4 Å². The van der Waals surface area contributed by atoms with Gasteiger partial charge in [-0.25, -0.2) is 8.42 Å². The van der Waals surface area contributed by atoms with Crippen LogP contribution in [0.5, 0.6) is 0 Å². The minimum absolute atomic E-state index is 0.300. The van der Waals surface area contributed by atoms with Gasteiger partial charge < -0.3 is 10.3 Å². The van der Waals surface area contributed by atoms with Crippen molar-refractivity contribution < 1.29 is 17.2 Å². The first-order valence-corrected chi connectivity index (χ1v) is 6.55. The van der Waals surface area contributed by atoms with Crippen molar-refractivity contribution in [2.24, 2.45) is 5.73 Å². The molecule has 0 aliphatic carbocycles. The third kappa shape index (κ3) is 6.38. The highest BCUT2D eigenvalue weighted by molar-refractivity contribution is 7.80.